The Balaban J connectivity index is 1.51. The Morgan fingerprint density at radius 1 is 1.06 bits per heavy atom. The zero-order valence-corrected chi connectivity index (χ0v) is 20.9. The average Bonchev–Trinajstić information content (AvgIpc) is 3.11. The average molecular weight is 492 g/mol. The van der Waals surface area contributed by atoms with Gasteiger partial charge in [-0.25, -0.2) is 4.79 Å². The third kappa shape index (κ3) is 6.12. The molecule has 1 aliphatic rings. The van der Waals surface area contributed by atoms with Crippen LogP contribution >= 0.6 is 0 Å². The predicted molar refractivity (Wildman–Crippen MR) is 137 cm³/mol. The third-order valence-corrected chi connectivity index (χ3v) is 6.33. The summed E-state index contributed by atoms with van der Waals surface area (Å²) in [4.78, 5) is 32.3. The lowest BCUT2D eigenvalue weighted by atomic mass is 10.1. The molecule has 0 unspecified atom stereocenters. The number of pyridine rings is 2. The second-order valence-electron chi connectivity index (χ2n) is 8.69. The van der Waals surface area contributed by atoms with Crippen molar-refractivity contribution in [1.29, 1.82) is 0 Å². The predicted octanol–water partition coefficient (Wildman–Crippen LogP) is 3.50. The molecule has 0 aliphatic carbocycles. The number of esters is 1. The van der Waals surface area contributed by atoms with Gasteiger partial charge in [0.25, 0.3) is 5.56 Å². The smallest absolute Gasteiger partial charge is 0.343 e. The van der Waals surface area contributed by atoms with Crippen molar-refractivity contribution in [3.05, 3.63) is 87.6 Å². The van der Waals surface area contributed by atoms with E-state index in [1.807, 2.05) is 43.5 Å². The summed E-state index contributed by atoms with van der Waals surface area (Å²) in [5.41, 5.74) is 3.05. The molecule has 1 aromatic carbocycles. The molecule has 0 atom stereocenters. The minimum absolute atomic E-state index is 0.170. The number of fused-ring (bicyclic) bond motifs is 1. The summed E-state index contributed by atoms with van der Waals surface area (Å²) >= 11 is 0. The first kappa shape index (κ1) is 25.4. The first-order chi connectivity index (χ1) is 17.6. The Kier molecular flexibility index (Phi) is 8.73. The zero-order chi connectivity index (χ0) is 25.3. The lowest BCUT2D eigenvalue weighted by Gasteiger charge is -2.21. The number of aromatic nitrogens is 2. The Bertz CT molecular complexity index is 1230. The van der Waals surface area contributed by atoms with Crippen molar-refractivity contribution in [2.24, 2.45) is 0 Å². The Morgan fingerprint density at radius 2 is 1.92 bits per heavy atom. The maximum Gasteiger partial charge on any atom is 0.343 e. The standard InChI is InChI=1S/C28H33N3O5/c1-3-35-24-11-5-4-10-22(24)20-30-14-12-23-27(28(33)34-2)25(18-26(32)31(23)16-15-30)36-17-7-9-21-8-6-13-29-19-21/h4-6,8,10-11,13,18-19H,3,7,9,12,14-17,20H2,1-2H3. The summed E-state index contributed by atoms with van der Waals surface area (Å²) in [6.45, 7) is 5.50. The molecule has 3 aromatic rings. The number of ether oxygens (including phenoxy) is 3. The topological polar surface area (TPSA) is 82.9 Å². The van der Waals surface area contributed by atoms with Crippen LogP contribution in [0.15, 0.2) is 59.7 Å². The van der Waals surface area contributed by atoms with Gasteiger partial charge in [-0.05, 0) is 37.5 Å². The van der Waals surface area contributed by atoms with E-state index in [2.05, 4.69) is 16.0 Å². The lowest BCUT2D eigenvalue weighted by molar-refractivity contribution is 0.0593. The minimum Gasteiger partial charge on any atom is -0.494 e. The van der Waals surface area contributed by atoms with Gasteiger partial charge in [0, 0.05) is 62.3 Å². The van der Waals surface area contributed by atoms with Gasteiger partial charge in [0.1, 0.15) is 17.1 Å². The number of para-hydroxylation sites is 1. The van der Waals surface area contributed by atoms with Gasteiger partial charge in [0.2, 0.25) is 0 Å². The van der Waals surface area contributed by atoms with Crippen LogP contribution in [0.25, 0.3) is 0 Å². The molecule has 0 bridgehead atoms. The number of rotatable bonds is 10. The van der Waals surface area contributed by atoms with Gasteiger partial charge in [0.15, 0.2) is 0 Å². The van der Waals surface area contributed by atoms with Crippen molar-refractivity contribution in [3.63, 3.8) is 0 Å². The van der Waals surface area contributed by atoms with Crippen molar-refractivity contribution < 1.29 is 19.0 Å². The summed E-state index contributed by atoms with van der Waals surface area (Å²) in [5, 5.41) is 0. The van der Waals surface area contributed by atoms with Crippen molar-refractivity contribution in [2.75, 3.05) is 33.4 Å². The molecule has 0 radical (unpaired) electrons. The molecule has 0 amide bonds. The minimum atomic E-state index is -0.490. The molecule has 0 saturated heterocycles. The van der Waals surface area contributed by atoms with Gasteiger partial charge in [-0.3, -0.25) is 14.7 Å². The van der Waals surface area contributed by atoms with Gasteiger partial charge in [-0.15, -0.1) is 0 Å². The van der Waals surface area contributed by atoms with Gasteiger partial charge >= 0.3 is 5.97 Å². The number of hydrogen-bond donors (Lipinski definition) is 0. The Morgan fingerprint density at radius 3 is 2.69 bits per heavy atom. The molecule has 2 aromatic heterocycles. The van der Waals surface area contributed by atoms with Gasteiger partial charge in [-0.1, -0.05) is 24.3 Å². The normalized spacial score (nSPS) is 13.5. The molecule has 190 valence electrons. The number of hydrogen-bond acceptors (Lipinski definition) is 7. The maximum atomic E-state index is 13.0. The van der Waals surface area contributed by atoms with Crippen LogP contribution < -0.4 is 15.0 Å². The lowest BCUT2D eigenvalue weighted by Crippen LogP contribution is -2.29. The quantitative estimate of drug-likeness (QED) is 0.317. The van der Waals surface area contributed by atoms with Crippen molar-refractivity contribution in [1.82, 2.24) is 14.5 Å². The van der Waals surface area contributed by atoms with Crippen molar-refractivity contribution >= 4 is 5.97 Å². The van der Waals surface area contributed by atoms with E-state index in [1.54, 1.807) is 10.8 Å². The summed E-state index contributed by atoms with van der Waals surface area (Å²) < 4.78 is 18.5. The van der Waals surface area contributed by atoms with Crippen molar-refractivity contribution in [3.8, 4) is 11.5 Å². The number of carbonyl (C=O) groups excluding carboxylic acids is 1. The van der Waals surface area contributed by atoms with E-state index in [1.165, 1.54) is 13.2 Å². The highest BCUT2D eigenvalue weighted by atomic mass is 16.5. The molecule has 4 rings (SSSR count). The van der Waals surface area contributed by atoms with E-state index in [0.717, 1.165) is 29.7 Å². The van der Waals surface area contributed by atoms with Crippen LogP contribution in [0, 0.1) is 0 Å². The highest BCUT2D eigenvalue weighted by molar-refractivity contribution is 5.93. The fourth-order valence-electron chi connectivity index (χ4n) is 4.56. The first-order valence-electron chi connectivity index (χ1n) is 12.4. The number of benzene rings is 1. The molecule has 0 spiro atoms. The molecule has 1 aliphatic heterocycles. The molecule has 0 N–H and O–H groups in total. The van der Waals surface area contributed by atoms with Crippen LogP contribution in [0.1, 0.15) is 40.5 Å². The number of aryl methyl sites for hydroxylation is 1. The molecular formula is C28H33N3O5. The maximum absolute atomic E-state index is 13.0. The zero-order valence-electron chi connectivity index (χ0n) is 20.9. The molecule has 0 fully saturated rings. The highest BCUT2D eigenvalue weighted by Crippen LogP contribution is 2.26. The van der Waals surface area contributed by atoms with E-state index in [9.17, 15) is 9.59 Å². The van der Waals surface area contributed by atoms with Crippen LogP contribution in [0.5, 0.6) is 11.5 Å². The summed E-state index contributed by atoms with van der Waals surface area (Å²) in [6.07, 6.45) is 5.63. The second kappa shape index (κ2) is 12.4. The fourth-order valence-corrected chi connectivity index (χ4v) is 4.56. The van der Waals surface area contributed by atoms with Gasteiger partial charge < -0.3 is 18.8 Å². The number of nitrogens with zero attached hydrogens (tertiary/aromatic N) is 3. The van der Waals surface area contributed by atoms with Crippen LogP contribution in [0.3, 0.4) is 0 Å². The van der Waals surface area contributed by atoms with E-state index in [4.69, 9.17) is 14.2 Å². The third-order valence-electron chi connectivity index (χ3n) is 6.33. The van der Waals surface area contributed by atoms with Gasteiger partial charge in [-0.2, -0.15) is 0 Å². The van der Waals surface area contributed by atoms with E-state index < -0.39 is 5.97 Å². The molecule has 8 heteroatoms. The van der Waals surface area contributed by atoms with Gasteiger partial charge in [0.05, 0.1) is 20.3 Å². The van der Waals surface area contributed by atoms with E-state index in [0.29, 0.717) is 62.8 Å². The van der Waals surface area contributed by atoms with E-state index in [-0.39, 0.29) is 5.56 Å². The molecule has 36 heavy (non-hydrogen) atoms. The molecular weight excluding hydrogens is 458 g/mol. The summed E-state index contributed by atoms with van der Waals surface area (Å²) in [7, 11) is 1.35. The van der Waals surface area contributed by atoms with E-state index >= 15 is 0 Å². The second-order valence-corrected chi connectivity index (χ2v) is 8.69. The first-order valence-corrected chi connectivity index (χ1v) is 12.4. The van der Waals surface area contributed by atoms with Crippen LogP contribution in [-0.2, 0) is 30.7 Å². The van der Waals surface area contributed by atoms with Crippen molar-refractivity contribution in [2.45, 2.75) is 39.3 Å². The van der Waals surface area contributed by atoms with Crippen LogP contribution in [0.2, 0.25) is 0 Å². The fraction of sp³-hybridized carbons (Fsp3) is 0.393. The Hall–Kier alpha value is -3.65. The number of carbonyl (C=O) groups is 1. The molecule has 3 heterocycles. The molecule has 8 nitrogen and oxygen atoms in total. The number of methoxy groups -OCH3 is 1. The Labute approximate surface area is 211 Å². The molecule has 0 saturated carbocycles. The summed E-state index contributed by atoms with van der Waals surface area (Å²) in [5.74, 6) is 0.673. The van der Waals surface area contributed by atoms with Crippen LogP contribution in [-0.4, -0.2) is 53.8 Å². The van der Waals surface area contributed by atoms with Crippen LogP contribution in [0.4, 0.5) is 0 Å². The summed E-state index contributed by atoms with van der Waals surface area (Å²) in [6, 6.07) is 13.3. The monoisotopic (exact) mass is 491 g/mol. The largest absolute Gasteiger partial charge is 0.494 e. The SMILES string of the molecule is CCOc1ccccc1CN1CCc2c(C(=O)OC)c(OCCCc3cccnc3)cc(=O)n2CC1. The highest BCUT2D eigenvalue weighted by Gasteiger charge is 2.26.